The molecule has 0 spiro atoms. The van der Waals surface area contributed by atoms with Crippen molar-refractivity contribution in [2.45, 2.75) is 0 Å². The molecule has 2 aromatic rings. The molecule has 0 aliphatic rings. The minimum Gasteiger partial charge on any atom is -0.493 e. The van der Waals surface area contributed by atoms with Crippen molar-refractivity contribution in [2.75, 3.05) is 21.3 Å². The van der Waals surface area contributed by atoms with Crippen LogP contribution in [-0.2, 0) is 0 Å². The monoisotopic (exact) mass is 288 g/mol. The fraction of sp³-hybridized carbons (Fsp3) is 0.188. The summed E-state index contributed by atoms with van der Waals surface area (Å²) in [5.41, 5.74) is 0.668. The molecule has 5 nitrogen and oxygen atoms in total. The lowest BCUT2D eigenvalue weighted by molar-refractivity contribution is 0.355. The van der Waals surface area contributed by atoms with E-state index in [2.05, 4.69) is 0 Å². The maximum Gasteiger partial charge on any atom is 0.227 e. The Kier molecular flexibility index (Phi) is 4.66. The first-order valence-electron chi connectivity index (χ1n) is 6.25. The molecule has 21 heavy (non-hydrogen) atoms. The predicted molar refractivity (Wildman–Crippen MR) is 80.0 cm³/mol. The fourth-order valence-corrected chi connectivity index (χ4v) is 1.78. The zero-order valence-corrected chi connectivity index (χ0v) is 12.1. The van der Waals surface area contributed by atoms with Crippen LogP contribution in [0.25, 0.3) is 12.2 Å². The number of methoxy groups -OCH3 is 3. The van der Waals surface area contributed by atoms with E-state index in [0.717, 1.165) is 5.56 Å². The Morgan fingerprint density at radius 2 is 1.62 bits per heavy atom. The molecule has 0 aliphatic heterocycles. The summed E-state index contributed by atoms with van der Waals surface area (Å²) in [6.07, 6.45) is 4.80. The van der Waals surface area contributed by atoms with Gasteiger partial charge in [0.1, 0.15) is 12.0 Å². The summed E-state index contributed by atoms with van der Waals surface area (Å²) in [5, 5.41) is 0. The van der Waals surface area contributed by atoms with Crippen LogP contribution in [0.2, 0.25) is 0 Å². The van der Waals surface area contributed by atoms with Gasteiger partial charge in [-0.05, 0) is 23.8 Å². The number of rotatable bonds is 5. The van der Waals surface area contributed by atoms with E-state index < -0.39 is 0 Å². The topological polar surface area (TPSA) is 57.9 Å². The molecule has 110 valence electrons. The van der Waals surface area contributed by atoms with Crippen LogP contribution >= 0.6 is 0 Å². The van der Waals surface area contributed by atoms with Gasteiger partial charge in [-0.15, -0.1) is 0 Å². The molecule has 0 N–H and O–H groups in total. The van der Waals surface area contributed by atoms with E-state index in [4.69, 9.17) is 18.6 Å². The number of hydrogen-bond acceptors (Lipinski definition) is 5. The lowest BCUT2D eigenvalue weighted by Gasteiger charge is -2.07. The third-order valence-electron chi connectivity index (χ3n) is 2.89. The second-order valence-corrected chi connectivity index (χ2v) is 4.16. The van der Waals surface area contributed by atoms with Crippen molar-refractivity contribution < 1.29 is 18.6 Å². The van der Waals surface area contributed by atoms with Crippen LogP contribution in [0.3, 0.4) is 0 Å². The average Bonchev–Trinajstić information content (AvgIpc) is 2.52. The fourth-order valence-electron chi connectivity index (χ4n) is 1.78. The van der Waals surface area contributed by atoms with Gasteiger partial charge in [0.25, 0.3) is 0 Å². The molecule has 0 saturated carbocycles. The quantitative estimate of drug-likeness (QED) is 0.846. The van der Waals surface area contributed by atoms with E-state index in [-0.39, 0.29) is 11.2 Å². The molecule has 0 atom stereocenters. The van der Waals surface area contributed by atoms with Crippen molar-refractivity contribution in [3.05, 3.63) is 52.1 Å². The van der Waals surface area contributed by atoms with Crippen LogP contribution < -0.4 is 19.6 Å². The van der Waals surface area contributed by atoms with Crippen LogP contribution in [0.15, 0.2) is 39.7 Å². The average molecular weight is 288 g/mol. The predicted octanol–water partition coefficient (Wildman–Crippen LogP) is 2.84. The first kappa shape index (κ1) is 14.7. The van der Waals surface area contributed by atoms with Gasteiger partial charge in [-0.1, -0.05) is 12.1 Å². The van der Waals surface area contributed by atoms with Gasteiger partial charge in [0.15, 0.2) is 11.5 Å². The zero-order valence-electron chi connectivity index (χ0n) is 12.1. The summed E-state index contributed by atoms with van der Waals surface area (Å²) in [6, 6.07) is 6.88. The second-order valence-electron chi connectivity index (χ2n) is 4.16. The normalized spacial score (nSPS) is 10.6. The molecule has 0 radical (unpaired) electrons. The molecule has 0 unspecified atom stereocenters. The Labute approximate surface area is 122 Å². The number of hydrogen-bond donors (Lipinski definition) is 0. The van der Waals surface area contributed by atoms with Crippen LogP contribution in [-0.4, -0.2) is 21.3 Å². The highest BCUT2D eigenvalue weighted by atomic mass is 16.5. The summed E-state index contributed by atoms with van der Waals surface area (Å²) in [4.78, 5) is 11.6. The summed E-state index contributed by atoms with van der Waals surface area (Å²) in [7, 11) is 4.58. The first-order valence-corrected chi connectivity index (χ1v) is 6.25. The molecule has 1 heterocycles. The lowest BCUT2D eigenvalue weighted by Crippen LogP contribution is -2.03. The standard InChI is InChI=1S/C16H16O5/c1-18-14-7-5-11(8-15(14)19-2)4-6-12-9-13(17)16(20-3)10-21-12/h4-10H,1-3H3/b6-4+. The van der Waals surface area contributed by atoms with Crippen molar-refractivity contribution in [2.24, 2.45) is 0 Å². The van der Waals surface area contributed by atoms with Crippen molar-refractivity contribution in [1.29, 1.82) is 0 Å². The molecule has 0 bridgehead atoms. The molecule has 1 aromatic carbocycles. The van der Waals surface area contributed by atoms with Crippen LogP contribution in [0.1, 0.15) is 11.3 Å². The van der Waals surface area contributed by atoms with Crippen molar-refractivity contribution in [3.63, 3.8) is 0 Å². The Morgan fingerprint density at radius 3 is 2.24 bits per heavy atom. The van der Waals surface area contributed by atoms with Gasteiger partial charge in [-0.25, -0.2) is 0 Å². The molecular formula is C16H16O5. The van der Waals surface area contributed by atoms with E-state index in [9.17, 15) is 4.79 Å². The van der Waals surface area contributed by atoms with Gasteiger partial charge in [0.05, 0.1) is 21.3 Å². The van der Waals surface area contributed by atoms with Gasteiger partial charge < -0.3 is 18.6 Å². The lowest BCUT2D eigenvalue weighted by atomic mass is 10.1. The van der Waals surface area contributed by atoms with E-state index in [0.29, 0.717) is 17.3 Å². The number of ether oxygens (including phenoxy) is 3. The van der Waals surface area contributed by atoms with Gasteiger partial charge in [0.2, 0.25) is 11.2 Å². The van der Waals surface area contributed by atoms with Crippen LogP contribution in [0, 0.1) is 0 Å². The van der Waals surface area contributed by atoms with Crippen molar-refractivity contribution in [1.82, 2.24) is 0 Å². The van der Waals surface area contributed by atoms with Gasteiger partial charge in [0, 0.05) is 6.07 Å². The SMILES string of the molecule is COc1ccc(/C=C/c2cc(=O)c(OC)co2)cc1OC. The molecule has 0 amide bonds. The minimum atomic E-state index is -0.226. The first-order chi connectivity index (χ1) is 10.2. The van der Waals surface area contributed by atoms with Crippen LogP contribution in [0.5, 0.6) is 17.2 Å². The summed E-state index contributed by atoms with van der Waals surface area (Å²) in [6.45, 7) is 0. The molecule has 0 aliphatic carbocycles. The van der Waals surface area contributed by atoms with E-state index in [1.807, 2.05) is 24.3 Å². The van der Waals surface area contributed by atoms with Gasteiger partial charge >= 0.3 is 0 Å². The Balaban J connectivity index is 2.25. The third-order valence-corrected chi connectivity index (χ3v) is 2.89. The Morgan fingerprint density at radius 1 is 0.905 bits per heavy atom. The molecule has 1 aromatic heterocycles. The smallest absolute Gasteiger partial charge is 0.227 e. The highest BCUT2D eigenvalue weighted by Crippen LogP contribution is 2.28. The van der Waals surface area contributed by atoms with E-state index in [1.165, 1.54) is 19.4 Å². The Bertz CT molecular complexity index is 700. The van der Waals surface area contributed by atoms with Crippen LogP contribution in [0.4, 0.5) is 0 Å². The summed E-state index contributed by atoms with van der Waals surface area (Å²) in [5.74, 6) is 1.91. The van der Waals surface area contributed by atoms with Gasteiger partial charge in [-0.3, -0.25) is 4.79 Å². The largest absolute Gasteiger partial charge is 0.493 e. The summed E-state index contributed by atoms with van der Waals surface area (Å²) >= 11 is 0. The maximum atomic E-state index is 11.6. The zero-order chi connectivity index (χ0) is 15.2. The molecule has 0 saturated heterocycles. The second kappa shape index (κ2) is 6.65. The highest BCUT2D eigenvalue weighted by molar-refractivity contribution is 5.69. The van der Waals surface area contributed by atoms with E-state index in [1.54, 1.807) is 20.3 Å². The molecule has 5 heteroatoms. The van der Waals surface area contributed by atoms with Crippen molar-refractivity contribution in [3.8, 4) is 17.2 Å². The number of benzene rings is 1. The molecular weight excluding hydrogens is 272 g/mol. The Hall–Kier alpha value is -2.69. The highest BCUT2D eigenvalue weighted by Gasteiger charge is 2.03. The van der Waals surface area contributed by atoms with Crippen molar-refractivity contribution >= 4 is 12.2 Å². The third kappa shape index (κ3) is 3.45. The minimum absolute atomic E-state index is 0.179. The van der Waals surface area contributed by atoms with E-state index >= 15 is 0 Å². The van der Waals surface area contributed by atoms with Gasteiger partial charge in [-0.2, -0.15) is 0 Å². The summed E-state index contributed by atoms with van der Waals surface area (Å²) < 4.78 is 20.5. The maximum absolute atomic E-state index is 11.6. The molecule has 0 fully saturated rings. The molecule has 2 rings (SSSR count).